The lowest BCUT2D eigenvalue weighted by Crippen LogP contribution is -2.25. The van der Waals surface area contributed by atoms with Crippen molar-refractivity contribution in [2.45, 2.75) is 220 Å². The molecule has 0 amide bonds. The highest BCUT2D eigenvalue weighted by atomic mass is 32.1. The topological polar surface area (TPSA) is 38.8 Å². The Bertz CT molecular complexity index is 847. The lowest BCUT2D eigenvalue weighted by molar-refractivity contribution is -0.143. The Morgan fingerprint density at radius 3 is 1.27 bits per heavy atom. The predicted octanol–water partition coefficient (Wildman–Crippen LogP) is 15.0. The van der Waals surface area contributed by atoms with Gasteiger partial charge in [0.1, 0.15) is 0 Å². The molecule has 0 saturated carbocycles. The van der Waals surface area contributed by atoms with E-state index < -0.39 is 0 Å². The van der Waals surface area contributed by atoms with E-state index in [1.54, 1.807) is 5.49 Å². The molecule has 0 aromatic rings. The Labute approximate surface area is 324 Å². The van der Waals surface area contributed by atoms with Crippen molar-refractivity contribution in [2.24, 2.45) is 0 Å². The van der Waals surface area contributed by atoms with E-state index in [1.807, 2.05) is 0 Å². The Morgan fingerprint density at radius 2 is 0.863 bits per heavy atom. The number of rotatable bonds is 40. The number of carbonyl (C=O) groups excluding carboxylic acids is 1. The van der Waals surface area contributed by atoms with E-state index in [1.165, 1.54) is 165 Å². The summed E-state index contributed by atoms with van der Waals surface area (Å²) in [5.74, 6) is 1.11. The van der Waals surface area contributed by atoms with Crippen LogP contribution in [0.15, 0.2) is 35.6 Å². The molecule has 0 aliphatic rings. The maximum atomic E-state index is 12.1. The van der Waals surface area contributed by atoms with Crippen LogP contribution in [0.25, 0.3) is 0 Å². The molecule has 4 nitrogen and oxygen atoms in total. The van der Waals surface area contributed by atoms with E-state index in [-0.39, 0.29) is 5.97 Å². The van der Waals surface area contributed by atoms with Crippen LogP contribution in [0, 0.1) is 0 Å². The zero-order valence-electron chi connectivity index (χ0n) is 34.5. The molecule has 0 saturated heterocycles. The van der Waals surface area contributed by atoms with Crippen LogP contribution < -0.4 is 0 Å². The average Bonchev–Trinajstić information content (AvgIpc) is 3.13. The van der Waals surface area contributed by atoms with Crippen molar-refractivity contribution in [2.75, 3.05) is 26.3 Å². The molecule has 0 spiro atoms. The van der Waals surface area contributed by atoms with Crippen LogP contribution in [0.4, 0.5) is 0 Å². The first kappa shape index (κ1) is 49.4. The van der Waals surface area contributed by atoms with E-state index in [9.17, 15) is 4.79 Å². The number of ether oxygens (including phenoxy) is 2. The lowest BCUT2D eigenvalue weighted by atomic mass is 10.1. The number of nitrogens with zero attached hydrogens (tertiary/aromatic N) is 1. The molecule has 0 radical (unpaired) electrons. The van der Waals surface area contributed by atoms with Crippen molar-refractivity contribution in [3.63, 3.8) is 0 Å². The normalized spacial score (nSPS) is 11.5. The lowest BCUT2D eigenvalue weighted by Gasteiger charge is -2.19. The van der Waals surface area contributed by atoms with E-state index in [0.29, 0.717) is 13.0 Å². The fourth-order valence-corrected chi connectivity index (χ4v) is 6.58. The van der Waals surface area contributed by atoms with Crippen LogP contribution in [0.3, 0.4) is 0 Å². The van der Waals surface area contributed by atoms with Gasteiger partial charge in [0.05, 0.1) is 24.5 Å². The second-order valence-corrected chi connectivity index (χ2v) is 15.2. The van der Waals surface area contributed by atoms with Crippen molar-refractivity contribution in [1.82, 2.24) is 4.90 Å². The van der Waals surface area contributed by atoms with E-state index in [0.717, 1.165) is 51.8 Å². The van der Waals surface area contributed by atoms with Gasteiger partial charge in [0.2, 0.25) is 0 Å². The smallest absolute Gasteiger partial charge is 0.305 e. The van der Waals surface area contributed by atoms with Crippen LogP contribution in [0.1, 0.15) is 220 Å². The monoisotopic (exact) mass is 732 g/mol. The molecule has 0 aromatic carbocycles. The van der Waals surface area contributed by atoms with Crippen LogP contribution >= 0.6 is 12.2 Å². The van der Waals surface area contributed by atoms with Crippen LogP contribution in [0.5, 0.6) is 0 Å². The summed E-state index contributed by atoms with van der Waals surface area (Å²) >= 11 is 5.25. The van der Waals surface area contributed by atoms with E-state index in [2.05, 4.69) is 56.9 Å². The molecule has 0 rings (SSSR count). The summed E-state index contributed by atoms with van der Waals surface area (Å²) in [5.41, 5.74) is 3.03. The molecular weight excluding hydrogens is 647 g/mol. The number of carbonyl (C=O) groups is 1. The second kappa shape index (κ2) is 41.1. The summed E-state index contributed by atoms with van der Waals surface area (Å²) in [6.07, 6.45) is 46.5. The molecule has 51 heavy (non-hydrogen) atoms. The molecule has 0 unspecified atom stereocenters. The number of allylic oxidation sites excluding steroid dienone is 6. The Kier molecular flexibility index (Phi) is 39.8. The fourth-order valence-electron chi connectivity index (χ4n) is 6.37. The van der Waals surface area contributed by atoms with Gasteiger partial charge in [-0.2, -0.15) is 0 Å². The SMILES string of the molecule is CCCCCCCC/C=C\CCCCCCCC(=O)OCCCN(C=S)CCCOC(CCCCCCC/C=C\CCCCCCCC)=C(C)C. The minimum absolute atomic E-state index is 0.0598. The highest BCUT2D eigenvalue weighted by Crippen LogP contribution is 2.17. The Hall–Kier alpha value is -1.62. The third kappa shape index (κ3) is 37.9. The van der Waals surface area contributed by atoms with Crippen molar-refractivity contribution in [3.05, 3.63) is 35.6 Å². The van der Waals surface area contributed by atoms with Gasteiger partial charge in [0.15, 0.2) is 0 Å². The molecule has 0 aliphatic heterocycles. The number of hydrogen-bond donors (Lipinski definition) is 0. The number of thiocarbonyl (C=S) groups is 1. The quantitative estimate of drug-likeness (QED) is 0.0206. The highest BCUT2D eigenvalue weighted by Gasteiger charge is 2.06. The summed E-state index contributed by atoms with van der Waals surface area (Å²) in [7, 11) is 0. The van der Waals surface area contributed by atoms with Crippen molar-refractivity contribution < 1.29 is 14.3 Å². The number of hydrogen-bond acceptors (Lipinski definition) is 4. The first-order chi connectivity index (χ1) is 25.0. The summed E-state index contributed by atoms with van der Waals surface area (Å²) in [6, 6.07) is 0. The summed E-state index contributed by atoms with van der Waals surface area (Å²) in [4.78, 5) is 14.3. The Morgan fingerprint density at radius 1 is 0.490 bits per heavy atom. The summed E-state index contributed by atoms with van der Waals surface area (Å²) in [5, 5.41) is 0. The number of esters is 1. The maximum absolute atomic E-state index is 12.1. The maximum Gasteiger partial charge on any atom is 0.305 e. The Balaban J connectivity index is 3.71. The van der Waals surface area contributed by atoms with Crippen LogP contribution in [-0.4, -0.2) is 42.7 Å². The second-order valence-electron chi connectivity index (χ2n) is 15.0. The molecule has 298 valence electrons. The third-order valence-electron chi connectivity index (χ3n) is 9.73. The standard InChI is InChI=1S/C46H85NO3S/c1-5-7-9-11-13-15-17-19-21-23-25-27-29-31-33-37-45(44(3)4)49-41-35-39-47(43-51)40-36-42-50-46(48)38-34-32-30-28-26-24-22-20-18-16-14-12-10-8-6-2/h19-22,43H,5-18,23-42H2,1-4H3/b21-19-,22-20-. The minimum Gasteiger partial charge on any atom is -0.498 e. The predicted molar refractivity (Wildman–Crippen MR) is 229 cm³/mol. The molecule has 0 N–H and O–H groups in total. The van der Waals surface area contributed by atoms with Gasteiger partial charge in [-0.05, 0) is 96.5 Å². The van der Waals surface area contributed by atoms with Crippen molar-refractivity contribution >= 4 is 23.7 Å². The number of unbranched alkanes of at least 4 members (excludes halogenated alkanes) is 22. The molecule has 0 fully saturated rings. The molecule has 0 aliphatic carbocycles. The molecule has 0 atom stereocenters. The van der Waals surface area contributed by atoms with Crippen molar-refractivity contribution in [3.8, 4) is 0 Å². The van der Waals surface area contributed by atoms with E-state index in [4.69, 9.17) is 21.7 Å². The molecule has 5 heteroatoms. The third-order valence-corrected chi connectivity index (χ3v) is 10.0. The van der Waals surface area contributed by atoms with Gasteiger partial charge in [0.25, 0.3) is 0 Å². The summed E-state index contributed by atoms with van der Waals surface area (Å²) < 4.78 is 11.7. The molecule has 0 aromatic heterocycles. The van der Waals surface area contributed by atoms with Gasteiger partial charge in [0, 0.05) is 25.9 Å². The van der Waals surface area contributed by atoms with Crippen molar-refractivity contribution in [1.29, 1.82) is 0 Å². The highest BCUT2D eigenvalue weighted by molar-refractivity contribution is 7.78. The van der Waals surface area contributed by atoms with Gasteiger partial charge < -0.3 is 14.4 Å². The first-order valence-corrected chi connectivity index (χ1v) is 22.5. The van der Waals surface area contributed by atoms with Crippen LogP contribution in [-0.2, 0) is 14.3 Å². The van der Waals surface area contributed by atoms with Gasteiger partial charge in [-0.1, -0.05) is 153 Å². The van der Waals surface area contributed by atoms with Gasteiger partial charge >= 0.3 is 5.97 Å². The molecular formula is C46H85NO3S. The largest absolute Gasteiger partial charge is 0.498 e. The van der Waals surface area contributed by atoms with Crippen LogP contribution in [0.2, 0.25) is 0 Å². The minimum atomic E-state index is -0.0598. The van der Waals surface area contributed by atoms with E-state index >= 15 is 0 Å². The van der Waals surface area contributed by atoms with Gasteiger partial charge in [-0.25, -0.2) is 0 Å². The summed E-state index contributed by atoms with van der Waals surface area (Å²) in [6.45, 7) is 11.8. The average molecular weight is 732 g/mol. The fraction of sp³-hybridized carbons (Fsp3) is 0.826. The molecule has 0 heterocycles. The molecule has 0 bridgehead atoms. The zero-order chi connectivity index (χ0) is 37.3. The first-order valence-electron chi connectivity index (χ1n) is 22.0. The van der Waals surface area contributed by atoms with Gasteiger partial charge in [-0.3, -0.25) is 4.79 Å². The zero-order valence-corrected chi connectivity index (χ0v) is 35.3. The van der Waals surface area contributed by atoms with Gasteiger partial charge in [-0.15, -0.1) is 0 Å².